The Hall–Kier alpha value is -0.600. The number of rotatable bonds is 1. The van der Waals surface area contributed by atoms with Crippen LogP contribution >= 0.6 is 0 Å². The average Bonchev–Trinajstić information content (AvgIpc) is 1.80. The molecule has 0 radical (unpaired) electrons. The number of hydrogen-bond acceptors (Lipinski definition) is 1. The first kappa shape index (κ1) is 7.07. The Balaban J connectivity index is 2.00. The minimum atomic E-state index is -1.06. The van der Waals surface area contributed by atoms with Gasteiger partial charge in [0, 0.05) is 5.41 Å². The maximum Gasteiger partial charge on any atom is 0.309 e. The predicted octanol–water partition coefficient (Wildman–Crippen LogP) is 1.60. The van der Waals surface area contributed by atoms with Gasteiger partial charge in [-0.1, -0.05) is 6.42 Å². The van der Waals surface area contributed by atoms with Crippen molar-refractivity contribution in [1.82, 2.24) is 0 Å². The molecule has 2 aliphatic rings. The highest BCUT2D eigenvalue weighted by molar-refractivity contribution is 5.72. The summed E-state index contributed by atoms with van der Waals surface area (Å²) in [5, 5.41) is 8.52. The Morgan fingerprint density at radius 2 is 2.18 bits per heavy atom. The smallest absolute Gasteiger partial charge is 0.309 e. The van der Waals surface area contributed by atoms with Crippen LogP contribution in [0.1, 0.15) is 25.7 Å². The first-order valence-electron chi connectivity index (χ1n) is 4.03. The van der Waals surface area contributed by atoms with Gasteiger partial charge in [0.15, 0.2) is 0 Å². The molecule has 0 aromatic carbocycles. The first-order valence-corrected chi connectivity index (χ1v) is 4.03. The summed E-state index contributed by atoms with van der Waals surface area (Å²) in [4.78, 5) is 10.4. The first-order chi connectivity index (χ1) is 5.16. The van der Waals surface area contributed by atoms with Gasteiger partial charge in [-0.25, -0.2) is 4.39 Å². The number of alkyl halides is 1. The van der Waals surface area contributed by atoms with Crippen LogP contribution in [-0.2, 0) is 4.79 Å². The van der Waals surface area contributed by atoms with E-state index >= 15 is 0 Å². The number of carboxylic acids is 1. The molecule has 0 aromatic heterocycles. The van der Waals surface area contributed by atoms with Gasteiger partial charge in [-0.2, -0.15) is 0 Å². The van der Waals surface area contributed by atoms with Gasteiger partial charge in [-0.05, 0) is 19.3 Å². The summed E-state index contributed by atoms with van der Waals surface area (Å²) in [6.45, 7) is 0. The molecule has 2 saturated carbocycles. The molecule has 0 saturated heterocycles. The van der Waals surface area contributed by atoms with E-state index in [9.17, 15) is 9.18 Å². The van der Waals surface area contributed by atoms with Crippen molar-refractivity contribution in [2.45, 2.75) is 31.9 Å². The van der Waals surface area contributed by atoms with E-state index in [-0.39, 0.29) is 5.41 Å². The summed E-state index contributed by atoms with van der Waals surface area (Å²) in [6, 6.07) is 0. The highest BCUT2D eigenvalue weighted by atomic mass is 19.1. The van der Waals surface area contributed by atoms with Crippen LogP contribution < -0.4 is 0 Å². The lowest BCUT2D eigenvalue weighted by molar-refractivity contribution is -0.172. The summed E-state index contributed by atoms with van der Waals surface area (Å²) >= 11 is 0. The molecule has 1 N–H and O–H groups in total. The molecule has 11 heavy (non-hydrogen) atoms. The fourth-order valence-electron chi connectivity index (χ4n) is 2.24. The number of carboxylic acid groups (broad SMARTS) is 1. The molecule has 62 valence electrons. The molecule has 2 nitrogen and oxygen atoms in total. The molecule has 2 atom stereocenters. The number of hydrogen-bond donors (Lipinski definition) is 1. The van der Waals surface area contributed by atoms with Crippen LogP contribution in [0.4, 0.5) is 4.39 Å². The Labute approximate surface area is 64.4 Å². The second kappa shape index (κ2) is 1.96. The van der Waals surface area contributed by atoms with Gasteiger partial charge in [0.2, 0.25) is 0 Å². The highest BCUT2D eigenvalue weighted by Gasteiger charge is 2.60. The van der Waals surface area contributed by atoms with Crippen molar-refractivity contribution in [3.05, 3.63) is 0 Å². The van der Waals surface area contributed by atoms with Crippen LogP contribution in [0, 0.1) is 11.3 Å². The molecule has 2 unspecified atom stereocenters. The predicted molar refractivity (Wildman–Crippen MR) is 36.9 cm³/mol. The Bertz CT molecular complexity index is 198. The summed E-state index contributed by atoms with van der Waals surface area (Å²) in [7, 11) is 0. The average molecular weight is 158 g/mol. The largest absolute Gasteiger partial charge is 0.481 e. The lowest BCUT2D eigenvalue weighted by atomic mass is 9.50. The maximum atomic E-state index is 13.2. The SMILES string of the molecule is O=C(O)C1CC2(CCC2)C1F. The van der Waals surface area contributed by atoms with Crippen LogP contribution in [-0.4, -0.2) is 17.2 Å². The second-order valence-corrected chi connectivity index (χ2v) is 3.77. The zero-order valence-corrected chi connectivity index (χ0v) is 6.22. The summed E-state index contributed by atoms with van der Waals surface area (Å²) in [5.41, 5.74) is -0.191. The fourth-order valence-corrected chi connectivity index (χ4v) is 2.24. The van der Waals surface area contributed by atoms with E-state index in [1.165, 1.54) is 0 Å². The number of aliphatic carboxylic acids is 1. The van der Waals surface area contributed by atoms with Crippen molar-refractivity contribution in [2.75, 3.05) is 0 Å². The van der Waals surface area contributed by atoms with E-state index in [2.05, 4.69) is 0 Å². The van der Waals surface area contributed by atoms with Gasteiger partial charge in [0.05, 0.1) is 5.92 Å². The molecule has 1 spiro atoms. The summed E-state index contributed by atoms with van der Waals surface area (Å²) < 4.78 is 13.2. The van der Waals surface area contributed by atoms with E-state index in [1.807, 2.05) is 0 Å². The van der Waals surface area contributed by atoms with Crippen molar-refractivity contribution < 1.29 is 14.3 Å². The molecule has 0 aliphatic heterocycles. The Kier molecular flexibility index (Phi) is 1.26. The third-order valence-electron chi connectivity index (χ3n) is 3.23. The molecule has 0 heterocycles. The van der Waals surface area contributed by atoms with Crippen LogP contribution in [0.3, 0.4) is 0 Å². The molecule has 3 heteroatoms. The zero-order valence-electron chi connectivity index (χ0n) is 6.22. The van der Waals surface area contributed by atoms with Gasteiger partial charge >= 0.3 is 5.97 Å². The minimum Gasteiger partial charge on any atom is -0.481 e. The fraction of sp³-hybridized carbons (Fsp3) is 0.875. The van der Waals surface area contributed by atoms with Gasteiger partial charge in [-0.15, -0.1) is 0 Å². The van der Waals surface area contributed by atoms with Crippen LogP contribution in [0.5, 0.6) is 0 Å². The monoisotopic (exact) mass is 158 g/mol. The molecule has 0 bridgehead atoms. The maximum absolute atomic E-state index is 13.2. The molecule has 2 rings (SSSR count). The minimum absolute atomic E-state index is 0.191. The van der Waals surface area contributed by atoms with E-state index in [1.54, 1.807) is 0 Å². The summed E-state index contributed by atoms with van der Waals surface area (Å²) in [5.74, 6) is -1.66. The Morgan fingerprint density at radius 3 is 2.45 bits per heavy atom. The molecular formula is C8H11FO2. The van der Waals surface area contributed by atoms with Crippen molar-refractivity contribution in [3.63, 3.8) is 0 Å². The van der Waals surface area contributed by atoms with Crippen LogP contribution in [0.25, 0.3) is 0 Å². The molecule has 2 aliphatic carbocycles. The molecular weight excluding hydrogens is 147 g/mol. The van der Waals surface area contributed by atoms with E-state index in [4.69, 9.17) is 5.11 Å². The zero-order chi connectivity index (χ0) is 8.06. The second-order valence-electron chi connectivity index (χ2n) is 3.77. The van der Waals surface area contributed by atoms with Crippen molar-refractivity contribution in [3.8, 4) is 0 Å². The lowest BCUT2D eigenvalue weighted by Crippen LogP contribution is -2.56. The van der Waals surface area contributed by atoms with Gasteiger partial charge in [0.1, 0.15) is 6.17 Å². The van der Waals surface area contributed by atoms with Gasteiger partial charge < -0.3 is 5.11 Å². The quantitative estimate of drug-likeness (QED) is 0.629. The molecule has 0 aromatic rings. The number of halogens is 1. The highest BCUT2D eigenvalue weighted by Crippen LogP contribution is 2.60. The van der Waals surface area contributed by atoms with E-state index in [0.717, 1.165) is 19.3 Å². The van der Waals surface area contributed by atoms with Gasteiger partial charge in [0.25, 0.3) is 0 Å². The van der Waals surface area contributed by atoms with Crippen LogP contribution in [0.2, 0.25) is 0 Å². The Morgan fingerprint density at radius 1 is 1.55 bits per heavy atom. The van der Waals surface area contributed by atoms with Crippen LogP contribution in [0.15, 0.2) is 0 Å². The third kappa shape index (κ3) is 0.739. The topological polar surface area (TPSA) is 37.3 Å². The van der Waals surface area contributed by atoms with Crippen molar-refractivity contribution in [2.24, 2.45) is 11.3 Å². The standard InChI is InChI=1S/C8H11FO2/c9-6-5(7(10)11)4-8(6)2-1-3-8/h5-6H,1-4H2,(H,10,11). The van der Waals surface area contributed by atoms with E-state index in [0.29, 0.717) is 6.42 Å². The lowest BCUT2D eigenvalue weighted by Gasteiger charge is -2.55. The van der Waals surface area contributed by atoms with Crippen molar-refractivity contribution in [1.29, 1.82) is 0 Å². The molecule has 2 fully saturated rings. The third-order valence-corrected chi connectivity index (χ3v) is 3.23. The number of carbonyl (C=O) groups is 1. The summed E-state index contributed by atoms with van der Waals surface area (Å²) in [6.07, 6.45) is 2.39. The van der Waals surface area contributed by atoms with Gasteiger partial charge in [-0.3, -0.25) is 4.79 Å². The van der Waals surface area contributed by atoms with Crippen molar-refractivity contribution >= 4 is 5.97 Å². The van der Waals surface area contributed by atoms with E-state index < -0.39 is 18.1 Å². The normalized spacial score (nSPS) is 39.4. The molecule has 0 amide bonds.